The Morgan fingerprint density at radius 1 is 1.72 bits per heavy atom. The lowest BCUT2D eigenvalue weighted by Crippen LogP contribution is -2.28. The Hall–Kier alpha value is -1.39. The van der Waals surface area contributed by atoms with Crippen molar-refractivity contribution >= 4 is 9.84 Å². The van der Waals surface area contributed by atoms with Gasteiger partial charge in [-0.3, -0.25) is 4.68 Å². The highest BCUT2D eigenvalue weighted by Gasteiger charge is 2.48. The maximum Gasteiger partial charge on any atom is 0.152 e. The molecule has 0 aromatic carbocycles. The van der Waals surface area contributed by atoms with Gasteiger partial charge in [0.25, 0.3) is 0 Å². The van der Waals surface area contributed by atoms with Crippen LogP contribution in [-0.4, -0.2) is 34.8 Å². The van der Waals surface area contributed by atoms with Crippen LogP contribution >= 0.6 is 0 Å². The van der Waals surface area contributed by atoms with Gasteiger partial charge in [-0.15, -0.1) is 0 Å². The topological polar surface area (TPSA) is 96.0 Å². The minimum atomic E-state index is -3.23. The number of hydrogen-bond donors (Lipinski definition) is 1. The van der Waals surface area contributed by atoms with E-state index in [9.17, 15) is 18.8 Å². The Morgan fingerprint density at radius 3 is 2.89 bits per heavy atom. The number of hydrogen-bond acceptors (Lipinski definition) is 5. The van der Waals surface area contributed by atoms with Gasteiger partial charge in [-0.1, -0.05) is 0 Å². The molecule has 0 aliphatic carbocycles. The monoisotopic (exact) mass is 269 g/mol. The highest BCUT2D eigenvalue weighted by atomic mass is 32.2. The number of aliphatic hydroxyl groups excluding tert-OH is 1. The average molecular weight is 269 g/mol. The van der Waals surface area contributed by atoms with Gasteiger partial charge in [0.15, 0.2) is 9.84 Å². The van der Waals surface area contributed by atoms with E-state index in [1.165, 1.54) is 6.20 Å². The molecule has 0 spiro atoms. The fourth-order valence-electron chi connectivity index (χ4n) is 2.25. The summed E-state index contributed by atoms with van der Waals surface area (Å²) in [5, 5.41) is 23.5. The second kappa shape index (κ2) is 4.37. The molecule has 1 fully saturated rings. The van der Waals surface area contributed by atoms with Gasteiger partial charge in [0.1, 0.15) is 11.5 Å². The lowest BCUT2D eigenvalue weighted by Gasteiger charge is -2.24. The number of aliphatic hydroxyl groups is 1. The standard InChI is InChI=1S/C11H15N3O3S/c1-2-14-6-9(5-13-14)10(15)11(7-12)3-4-18(16,17)8-11/h5-6,10,15H,2-4,8H2,1H3. The van der Waals surface area contributed by atoms with Crippen LogP contribution in [0, 0.1) is 16.7 Å². The fourth-order valence-corrected chi connectivity index (χ4v) is 4.22. The number of rotatable bonds is 3. The van der Waals surface area contributed by atoms with Crippen molar-refractivity contribution in [3.05, 3.63) is 18.0 Å². The molecule has 98 valence electrons. The zero-order valence-electron chi connectivity index (χ0n) is 10.1. The Balaban J connectivity index is 2.32. The number of nitrogens with zero attached hydrogens (tertiary/aromatic N) is 3. The number of aromatic nitrogens is 2. The van der Waals surface area contributed by atoms with Crippen LogP contribution in [0.2, 0.25) is 0 Å². The van der Waals surface area contributed by atoms with Crippen molar-refractivity contribution in [2.45, 2.75) is 26.0 Å². The van der Waals surface area contributed by atoms with Crippen molar-refractivity contribution in [2.75, 3.05) is 11.5 Å². The van der Waals surface area contributed by atoms with Gasteiger partial charge >= 0.3 is 0 Å². The predicted molar refractivity (Wildman–Crippen MR) is 64.2 cm³/mol. The van der Waals surface area contributed by atoms with Gasteiger partial charge in [-0.2, -0.15) is 10.4 Å². The van der Waals surface area contributed by atoms with E-state index in [0.29, 0.717) is 12.1 Å². The summed E-state index contributed by atoms with van der Waals surface area (Å²) < 4.78 is 24.7. The van der Waals surface area contributed by atoms with Crippen molar-refractivity contribution < 1.29 is 13.5 Å². The number of nitriles is 1. The van der Waals surface area contributed by atoms with E-state index in [2.05, 4.69) is 5.10 Å². The molecule has 1 aromatic heterocycles. The number of aryl methyl sites for hydroxylation is 1. The minimum Gasteiger partial charge on any atom is -0.387 e. The Morgan fingerprint density at radius 2 is 2.44 bits per heavy atom. The second-order valence-electron chi connectivity index (χ2n) is 4.64. The van der Waals surface area contributed by atoms with Crippen LogP contribution in [0.5, 0.6) is 0 Å². The van der Waals surface area contributed by atoms with Crippen molar-refractivity contribution in [1.82, 2.24) is 9.78 Å². The van der Waals surface area contributed by atoms with Gasteiger partial charge in [0.05, 0.1) is 23.8 Å². The molecule has 2 rings (SSSR count). The smallest absolute Gasteiger partial charge is 0.152 e. The van der Waals surface area contributed by atoms with Gasteiger partial charge in [0.2, 0.25) is 0 Å². The van der Waals surface area contributed by atoms with E-state index in [-0.39, 0.29) is 17.9 Å². The van der Waals surface area contributed by atoms with E-state index in [0.717, 1.165) is 0 Å². The molecular formula is C11H15N3O3S. The molecule has 1 saturated heterocycles. The summed E-state index contributed by atoms with van der Waals surface area (Å²) in [6.45, 7) is 2.56. The van der Waals surface area contributed by atoms with Crippen molar-refractivity contribution in [3.8, 4) is 6.07 Å². The van der Waals surface area contributed by atoms with E-state index < -0.39 is 21.4 Å². The highest BCUT2D eigenvalue weighted by Crippen LogP contribution is 2.42. The summed E-state index contributed by atoms with van der Waals surface area (Å²) in [6.07, 6.45) is 2.19. The summed E-state index contributed by atoms with van der Waals surface area (Å²) in [5.74, 6) is -0.325. The molecule has 0 saturated carbocycles. The molecule has 0 radical (unpaired) electrons. The van der Waals surface area contributed by atoms with Crippen LogP contribution in [0.15, 0.2) is 12.4 Å². The molecule has 0 amide bonds. The summed E-state index contributed by atoms with van der Waals surface area (Å²) in [6, 6.07) is 1.99. The highest BCUT2D eigenvalue weighted by molar-refractivity contribution is 7.91. The zero-order valence-corrected chi connectivity index (χ0v) is 10.9. The summed E-state index contributed by atoms with van der Waals surface area (Å²) in [7, 11) is -3.23. The summed E-state index contributed by atoms with van der Waals surface area (Å²) in [4.78, 5) is 0. The third-order valence-corrected chi connectivity index (χ3v) is 5.16. The Bertz CT molecular complexity index is 587. The van der Waals surface area contributed by atoms with Crippen LogP contribution in [0.25, 0.3) is 0 Å². The van der Waals surface area contributed by atoms with Crippen LogP contribution < -0.4 is 0 Å². The average Bonchev–Trinajstić information content (AvgIpc) is 2.93. The Labute approximate surface area is 106 Å². The normalized spacial score (nSPS) is 27.8. The Kier molecular flexibility index (Phi) is 3.17. The molecule has 6 nitrogen and oxygen atoms in total. The summed E-state index contributed by atoms with van der Waals surface area (Å²) >= 11 is 0. The van der Waals surface area contributed by atoms with Gasteiger partial charge in [-0.25, -0.2) is 8.42 Å². The molecule has 1 aliphatic heterocycles. The second-order valence-corrected chi connectivity index (χ2v) is 6.83. The first-order valence-corrected chi connectivity index (χ1v) is 7.57. The van der Waals surface area contributed by atoms with E-state index >= 15 is 0 Å². The quantitative estimate of drug-likeness (QED) is 0.849. The van der Waals surface area contributed by atoms with E-state index in [4.69, 9.17) is 0 Å². The maximum absolute atomic E-state index is 11.5. The lowest BCUT2D eigenvalue weighted by atomic mass is 9.81. The molecule has 7 heteroatoms. The van der Waals surface area contributed by atoms with Crippen molar-refractivity contribution in [1.29, 1.82) is 5.26 Å². The first-order chi connectivity index (χ1) is 8.42. The first-order valence-electron chi connectivity index (χ1n) is 5.74. The largest absolute Gasteiger partial charge is 0.387 e. The molecule has 1 aromatic rings. The van der Waals surface area contributed by atoms with Crippen LogP contribution in [0.3, 0.4) is 0 Å². The van der Waals surface area contributed by atoms with Crippen LogP contribution in [0.4, 0.5) is 0 Å². The third kappa shape index (κ3) is 2.13. The van der Waals surface area contributed by atoms with Gasteiger partial charge in [-0.05, 0) is 13.3 Å². The van der Waals surface area contributed by atoms with Crippen LogP contribution in [-0.2, 0) is 16.4 Å². The lowest BCUT2D eigenvalue weighted by molar-refractivity contribution is 0.0792. The molecule has 2 atom stereocenters. The first kappa shape index (κ1) is 13.1. The minimum absolute atomic E-state index is 0.0421. The van der Waals surface area contributed by atoms with E-state index in [1.54, 1.807) is 10.9 Å². The van der Waals surface area contributed by atoms with E-state index in [1.807, 2.05) is 13.0 Å². The summed E-state index contributed by atoms with van der Waals surface area (Å²) in [5.41, 5.74) is -0.740. The molecule has 18 heavy (non-hydrogen) atoms. The maximum atomic E-state index is 11.5. The van der Waals surface area contributed by atoms with Gasteiger partial charge in [0, 0.05) is 18.3 Å². The van der Waals surface area contributed by atoms with Crippen molar-refractivity contribution in [3.63, 3.8) is 0 Å². The number of sulfone groups is 1. The molecule has 1 N–H and O–H groups in total. The molecule has 0 bridgehead atoms. The molecule has 2 heterocycles. The van der Waals surface area contributed by atoms with Gasteiger partial charge < -0.3 is 5.11 Å². The molecule has 2 unspecified atom stereocenters. The molecule has 1 aliphatic rings. The predicted octanol–water partition coefficient (Wildman–Crippen LogP) is 0.265. The third-order valence-electron chi connectivity index (χ3n) is 3.38. The van der Waals surface area contributed by atoms with Crippen LogP contribution in [0.1, 0.15) is 25.0 Å². The molecular weight excluding hydrogens is 254 g/mol. The SMILES string of the molecule is CCn1cc(C(O)C2(C#N)CCS(=O)(=O)C2)cn1. The van der Waals surface area contributed by atoms with Crippen molar-refractivity contribution in [2.24, 2.45) is 5.41 Å². The zero-order chi connectivity index (χ0) is 13.4. The fraction of sp³-hybridized carbons (Fsp3) is 0.636.